The summed E-state index contributed by atoms with van der Waals surface area (Å²) in [6.45, 7) is 2.61. The van der Waals surface area contributed by atoms with E-state index >= 15 is 0 Å². The Kier molecular flexibility index (Phi) is 5.10. The number of urea groups is 1. The van der Waals surface area contributed by atoms with Gasteiger partial charge < -0.3 is 15.7 Å². The van der Waals surface area contributed by atoms with E-state index in [1.54, 1.807) is 0 Å². The molecular weight excluding hydrogens is 309 g/mol. The average Bonchev–Trinajstić information content (AvgIpc) is 2.28. The molecule has 0 bridgehead atoms. The minimum Gasteiger partial charge on any atom is -0.480 e. The molecule has 0 aliphatic carbocycles. The van der Waals surface area contributed by atoms with Gasteiger partial charge in [0.25, 0.3) is 0 Å². The lowest BCUT2D eigenvalue weighted by Gasteiger charge is -2.21. The van der Waals surface area contributed by atoms with Gasteiger partial charge in [-0.15, -0.1) is 0 Å². The van der Waals surface area contributed by atoms with Gasteiger partial charge >= 0.3 is 17.5 Å². The van der Waals surface area contributed by atoms with Crippen LogP contribution >= 0.6 is 11.8 Å². The second kappa shape index (κ2) is 6.25. The van der Waals surface area contributed by atoms with Crippen molar-refractivity contribution < 1.29 is 27.9 Å². The van der Waals surface area contributed by atoms with Crippen molar-refractivity contribution in [1.29, 1.82) is 0 Å². The predicted molar refractivity (Wildman–Crippen MR) is 72.2 cm³/mol. The van der Waals surface area contributed by atoms with Gasteiger partial charge in [-0.25, -0.2) is 9.59 Å². The predicted octanol–water partition coefficient (Wildman–Crippen LogP) is 3.28. The van der Waals surface area contributed by atoms with Gasteiger partial charge in [0.2, 0.25) is 0 Å². The van der Waals surface area contributed by atoms with Crippen molar-refractivity contribution in [1.82, 2.24) is 5.32 Å². The molecule has 0 unspecified atom stereocenters. The zero-order chi connectivity index (χ0) is 16.3. The van der Waals surface area contributed by atoms with Gasteiger partial charge in [-0.2, -0.15) is 13.2 Å². The number of nitrogens with one attached hydrogen (secondary N) is 2. The van der Waals surface area contributed by atoms with Crippen LogP contribution in [0.4, 0.5) is 23.7 Å². The molecule has 116 valence electrons. The SMILES string of the molecule is CC(C)(NC(=O)Nc1ccc(SC(F)(F)F)cc1)C(=O)O. The van der Waals surface area contributed by atoms with E-state index in [-0.39, 0.29) is 22.3 Å². The molecule has 0 aliphatic heterocycles. The number of hydrogen-bond acceptors (Lipinski definition) is 3. The summed E-state index contributed by atoms with van der Waals surface area (Å²) >= 11 is -0.264. The van der Waals surface area contributed by atoms with Gasteiger partial charge in [0.1, 0.15) is 5.54 Å². The highest BCUT2D eigenvalue weighted by atomic mass is 32.2. The van der Waals surface area contributed by atoms with Crippen LogP contribution < -0.4 is 10.6 Å². The number of alkyl halides is 3. The summed E-state index contributed by atoms with van der Waals surface area (Å²) in [5.74, 6) is -1.21. The van der Waals surface area contributed by atoms with Gasteiger partial charge in [-0.3, -0.25) is 0 Å². The molecule has 0 aliphatic rings. The molecular formula is C12H13F3N2O3S. The van der Waals surface area contributed by atoms with Crippen LogP contribution in [0, 0.1) is 0 Å². The highest BCUT2D eigenvalue weighted by molar-refractivity contribution is 8.00. The van der Waals surface area contributed by atoms with E-state index < -0.39 is 23.0 Å². The molecule has 0 fully saturated rings. The Morgan fingerprint density at radius 2 is 1.67 bits per heavy atom. The Labute approximate surface area is 122 Å². The van der Waals surface area contributed by atoms with Crippen molar-refractivity contribution in [2.45, 2.75) is 29.8 Å². The van der Waals surface area contributed by atoms with E-state index in [4.69, 9.17) is 5.11 Å². The van der Waals surface area contributed by atoms with E-state index in [1.807, 2.05) is 0 Å². The molecule has 1 aromatic rings. The maximum absolute atomic E-state index is 12.1. The Bertz CT molecular complexity index is 530. The average molecular weight is 322 g/mol. The van der Waals surface area contributed by atoms with Crippen LogP contribution in [-0.4, -0.2) is 28.2 Å². The third-order valence-corrected chi connectivity index (χ3v) is 3.05. The maximum Gasteiger partial charge on any atom is 0.446 e. The Hall–Kier alpha value is -1.90. The molecule has 2 amide bonds. The smallest absolute Gasteiger partial charge is 0.446 e. The van der Waals surface area contributed by atoms with Crippen molar-refractivity contribution in [3.8, 4) is 0 Å². The first kappa shape index (κ1) is 17.2. The van der Waals surface area contributed by atoms with Crippen LogP contribution in [-0.2, 0) is 4.79 Å². The zero-order valence-electron chi connectivity index (χ0n) is 11.1. The summed E-state index contributed by atoms with van der Waals surface area (Å²) in [6.07, 6.45) is 0. The summed E-state index contributed by atoms with van der Waals surface area (Å²) in [4.78, 5) is 22.4. The van der Waals surface area contributed by atoms with Crippen molar-refractivity contribution in [3.05, 3.63) is 24.3 Å². The highest BCUT2D eigenvalue weighted by Gasteiger charge is 2.30. The first-order valence-electron chi connectivity index (χ1n) is 5.68. The number of rotatable bonds is 4. The normalized spacial score (nSPS) is 11.9. The van der Waals surface area contributed by atoms with E-state index in [2.05, 4.69) is 10.6 Å². The van der Waals surface area contributed by atoms with Crippen molar-refractivity contribution in [3.63, 3.8) is 0 Å². The van der Waals surface area contributed by atoms with Gasteiger partial charge in [0, 0.05) is 10.6 Å². The third-order valence-electron chi connectivity index (χ3n) is 2.31. The summed E-state index contributed by atoms with van der Waals surface area (Å²) in [5.41, 5.74) is -5.59. The number of hydrogen-bond donors (Lipinski definition) is 3. The highest BCUT2D eigenvalue weighted by Crippen LogP contribution is 2.36. The standard InChI is InChI=1S/C12H13F3N2O3S/c1-11(2,9(18)19)17-10(20)16-7-3-5-8(6-4-7)21-12(13,14)15/h3-6H,1-2H3,(H,18,19)(H2,16,17,20). The molecule has 0 spiro atoms. The molecule has 5 nitrogen and oxygen atoms in total. The largest absolute Gasteiger partial charge is 0.480 e. The number of carbonyl (C=O) groups is 2. The molecule has 0 aromatic heterocycles. The van der Waals surface area contributed by atoms with Crippen LogP contribution in [0.5, 0.6) is 0 Å². The lowest BCUT2D eigenvalue weighted by atomic mass is 10.1. The number of amides is 2. The molecule has 1 aromatic carbocycles. The number of aliphatic carboxylic acids is 1. The van der Waals surface area contributed by atoms with Gasteiger partial charge in [0.05, 0.1) is 0 Å². The van der Waals surface area contributed by atoms with E-state index in [1.165, 1.54) is 38.1 Å². The molecule has 1 rings (SSSR count). The van der Waals surface area contributed by atoms with Crippen LogP contribution in [0.3, 0.4) is 0 Å². The quantitative estimate of drug-likeness (QED) is 0.743. The molecule has 3 N–H and O–H groups in total. The Morgan fingerprint density at radius 1 is 1.14 bits per heavy atom. The number of carboxylic acid groups (broad SMARTS) is 1. The summed E-state index contributed by atoms with van der Waals surface area (Å²) in [6, 6.07) is 4.23. The number of halogens is 3. The summed E-state index contributed by atoms with van der Waals surface area (Å²) in [7, 11) is 0. The first-order chi connectivity index (χ1) is 9.49. The minimum absolute atomic E-state index is 0.0145. The third kappa shape index (κ3) is 5.94. The van der Waals surface area contributed by atoms with E-state index in [0.29, 0.717) is 0 Å². The number of anilines is 1. The molecule has 0 heterocycles. The second-order valence-electron chi connectivity index (χ2n) is 4.58. The van der Waals surface area contributed by atoms with E-state index in [9.17, 15) is 22.8 Å². The van der Waals surface area contributed by atoms with Gasteiger partial charge in [-0.1, -0.05) is 0 Å². The lowest BCUT2D eigenvalue weighted by molar-refractivity contribution is -0.142. The first-order valence-corrected chi connectivity index (χ1v) is 6.49. The molecule has 9 heteroatoms. The molecule has 0 radical (unpaired) electrons. The van der Waals surface area contributed by atoms with Crippen molar-refractivity contribution >= 4 is 29.4 Å². The summed E-state index contributed by atoms with van der Waals surface area (Å²) < 4.78 is 36.4. The number of carboxylic acids is 1. The Balaban J connectivity index is 2.64. The minimum atomic E-state index is -4.38. The number of carbonyl (C=O) groups excluding carboxylic acids is 1. The number of benzene rings is 1. The zero-order valence-corrected chi connectivity index (χ0v) is 11.9. The fourth-order valence-corrected chi connectivity index (χ4v) is 1.78. The van der Waals surface area contributed by atoms with Gasteiger partial charge in [0.15, 0.2) is 0 Å². The fourth-order valence-electron chi connectivity index (χ4n) is 1.24. The van der Waals surface area contributed by atoms with Crippen molar-refractivity contribution in [2.24, 2.45) is 0 Å². The van der Waals surface area contributed by atoms with Gasteiger partial charge in [-0.05, 0) is 49.9 Å². The molecule has 0 atom stereocenters. The molecule has 0 saturated carbocycles. The monoisotopic (exact) mass is 322 g/mol. The van der Waals surface area contributed by atoms with Crippen LogP contribution in [0.25, 0.3) is 0 Å². The topological polar surface area (TPSA) is 78.4 Å². The van der Waals surface area contributed by atoms with Crippen LogP contribution in [0.15, 0.2) is 29.2 Å². The maximum atomic E-state index is 12.1. The van der Waals surface area contributed by atoms with Crippen LogP contribution in [0.2, 0.25) is 0 Å². The molecule has 21 heavy (non-hydrogen) atoms. The second-order valence-corrected chi connectivity index (χ2v) is 5.72. The molecule has 0 saturated heterocycles. The Morgan fingerprint density at radius 3 is 2.10 bits per heavy atom. The van der Waals surface area contributed by atoms with Crippen LogP contribution in [0.1, 0.15) is 13.8 Å². The lowest BCUT2D eigenvalue weighted by Crippen LogP contribution is -2.51. The fraction of sp³-hybridized carbons (Fsp3) is 0.333. The summed E-state index contributed by atoms with van der Waals surface area (Å²) in [5, 5.41) is 13.4. The number of thioether (sulfide) groups is 1. The van der Waals surface area contributed by atoms with Crippen molar-refractivity contribution in [2.75, 3.05) is 5.32 Å². The van der Waals surface area contributed by atoms with E-state index in [0.717, 1.165) is 0 Å².